The third-order valence-electron chi connectivity index (χ3n) is 3.58. The average molecular weight is 390 g/mol. The summed E-state index contributed by atoms with van der Waals surface area (Å²) in [6, 6.07) is 12.5. The van der Waals surface area contributed by atoms with Gasteiger partial charge in [-0.05, 0) is 30.3 Å². The van der Waals surface area contributed by atoms with Crippen LogP contribution in [0.5, 0.6) is 11.5 Å². The van der Waals surface area contributed by atoms with Crippen molar-refractivity contribution in [3.63, 3.8) is 0 Å². The number of hydrogen-bond donors (Lipinski definition) is 1. The number of hydrogen-bond acceptors (Lipinski definition) is 7. The van der Waals surface area contributed by atoms with Gasteiger partial charge in [0, 0.05) is 5.56 Å². The third kappa shape index (κ3) is 5.20. The monoisotopic (exact) mass is 390 g/mol. The summed E-state index contributed by atoms with van der Waals surface area (Å²) >= 11 is 0. The van der Waals surface area contributed by atoms with Gasteiger partial charge in [0.2, 0.25) is 10.0 Å². The van der Waals surface area contributed by atoms with E-state index in [0.717, 1.165) is 0 Å². The Balaban J connectivity index is 2.00. The van der Waals surface area contributed by atoms with E-state index in [2.05, 4.69) is 4.72 Å². The molecule has 0 saturated heterocycles. The van der Waals surface area contributed by atoms with E-state index in [1.165, 1.54) is 32.4 Å². The SMILES string of the molecule is COc1ccc(OC)c(COC(=O)CNS(=O)(=O)c2ccccc2C#N)c1. The molecule has 0 aliphatic heterocycles. The highest BCUT2D eigenvalue weighted by molar-refractivity contribution is 7.89. The van der Waals surface area contributed by atoms with Crippen molar-refractivity contribution < 1.29 is 27.4 Å². The fraction of sp³-hybridized carbons (Fsp3) is 0.222. The van der Waals surface area contributed by atoms with Crippen molar-refractivity contribution in [3.05, 3.63) is 53.6 Å². The standard InChI is InChI=1S/C18H18N2O6S/c1-24-15-7-8-16(25-2)14(9-15)12-26-18(21)11-20-27(22,23)17-6-4-3-5-13(17)10-19/h3-9,20H,11-12H2,1-2H3. The van der Waals surface area contributed by atoms with Gasteiger partial charge in [-0.15, -0.1) is 0 Å². The second-order valence-electron chi connectivity index (χ2n) is 5.27. The zero-order chi connectivity index (χ0) is 19.9. The minimum Gasteiger partial charge on any atom is -0.497 e. The molecule has 27 heavy (non-hydrogen) atoms. The molecule has 9 heteroatoms. The van der Waals surface area contributed by atoms with Crippen molar-refractivity contribution in [3.8, 4) is 17.6 Å². The van der Waals surface area contributed by atoms with E-state index >= 15 is 0 Å². The summed E-state index contributed by atoms with van der Waals surface area (Å²) in [5.74, 6) is 0.292. The lowest BCUT2D eigenvalue weighted by atomic mass is 10.2. The number of benzene rings is 2. The normalized spacial score (nSPS) is 10.7. The molecule has 0 saturated carbocycles. The quantitative estimate of drug-likeness (QED) is 0.681. The van der Waals surface area contributed by atoms with Gasteiger partial charge in [-0.25, -0.2) is 8.42 Å². The lowest BCUT2D eigenvalue weighted by molar-refractivity contribution is -0.143. The van der Waals surface area contributed by atoms with Crippen LogP contribution in [0, 0.1) is 11.3 Å². The number of rotatable bonds is 8. The third-order valence-corrected chi connectivity index (χ3v) is 5.04. The van der Waals surface area contributed by atoms with Crippen LogP contribution in [0.3, 0.4) is 0 Å². The maximum atomic E-state index is 12.3. The van der Waals surface area contributed by atoms with Crippen LogP contribution in [0.1, 0.15) is 11.1 Å². The Morgan fingerprint density at radius 3 is 2.56 bits per heavy atom. The van der Waals surface area contributed by atoms with Crippen LogP contribution >= 0.6 is 0 Å². The van der Waals surface area contributed by atoms with E-state index in [1.54, 1.807) is 30.3 Å². The van der Waals surface area contributed by atoms with Crippen molar-refractivity contribution in [2.24, 2.45) is 0 Å². The van der Waals surface area contributed by atoms with Crippen LogP contribution in [-0.2, 0) is 26.2 Å². The van der Waals surface area contributed by atoms with Crippen LogP contribution in [0.4, 0.5) is 0 Å². The van der Waals surface area contributed by atoms with Crippen LogP contribution in [0.25, 0.3) is 0 Å². The fourth-order valence-corrected chi connectivity index (χ4v) is 3.35. The van der Waals surface area contributed by atoms with Crippen molar-refractivity contribution in [1.82, 2.24) is 4.72 Å². The summed E-state index contributed by atoms with van der Waals surface area (Å²) in [6.07, 6.45) is 0. The Bertz CT molecular complexity index is 966. The van der Waals surface area contributed by atoms with Crippen LogP contribution in [0.2, 0.25) is 0 Å². The van der Waals surface area contributed by atoms with Gasteiger partial charge in [-0.3, -0.25) is 4.79 Å². The maximum Gasteiger partial charge on any atom is 0.321 e. The Labute approximate surface area is 157 Å². The molecular formula is C18H18N2O6S. The number of nitrogens with one attached hydrogen (secondary N) is 1. The molecule has 2 aromatic rings. The molecule has 0 radical (unpaired) electrons. The second kappa shape index (κ2) is 9.02. The van der Waals surface area contributed by atoms with E-state index in [4.69, 9.17) is 19.5 Å². The van der Waals surface area contributed by atoms with Crippen molar-refractivity contribution in [2.45, 2.75) is 11.5 Å². The molecule has 2 rings (SSSR count). The molecule has 1 N–H and O–H groups in total. The summed E-state index contributed by atoms with van der Waals surface area (Å²) in [5.41, 5.74) is 0.558. The first kappa shape index (κ1) is 20.2. The van der Waals surface area contributed by atoms with E-state index in [0.29, 0.717) is 17.1 Å². The molecule has 0 aromatic heterocycles. The van der Waals surface area contributed by atoms with Gasteiger partial charge >= 0.3 is 5.97 Å². The minimum atomic E-state index is -4.02. The van der Waals surface area contributed by atoms with E-state index in [-0.39, 0.29) is 17.1 Å². The molecule has 8 nitrogen and oxygen atoms in total. The first-order valence-electron chi connectivity index (χ1n) is 7.76. The first-order chi connectivity index (χ1) is 12.9. The molecule has 0 atom stereocenters. The number of nitrogens with zero attached hydrogens (tertiary/aromatic N) is 1. The van der Waals surface area contributed by atoms with Gasteiger partial charge in [0.1, 0.15) is 30.7 Å². The first-order valence-corrected chi connectivity index (χ1v) is 9.25. The van der Waals surface area contributed by atoms with Crippen LogP contribution in [-0.4, -0.2) is 35.2 Å². The molecule has 2 aromatic carbocycles. The summed E-state index contributed by atoms with van der Waals surface area (Å²) in [6.45, 7) is -0.690. The number of sulfonamides is 1. The number of esters is 1. The predicted molar refractivity (Wildman–Crippen MR) is 95.7 cm³/mol. The van der Waals surface area contributed by atoms with E-state index < -0.39 is 22.5 Å². The van der Waals surface area contributed by atoms with Gasteiger partial charge in [0.15, 0.2) is 0 Å². The van der Waals surface area contributed by atoms with E-state index in [1.807, 2.05) is 0 Å². The molecule has 0 aliphatic carbocycles. The summed E-state index contributed by atoms with van der Waals surface area (Å²) in [7, 11) is -1.04. The number of methoxy groups -OCH3 is 2. The number of carbonyl (C=O) groups is 1. The van der Waals surface area contributed by atoms with E-state index in [9.17, 15) is 13.2 Å². The molecular weight excluding hydrogens is 372 g/mol. The molecule has 0 aliphatic rings. The van der Waals surface area contributed by atoms with Gasteiger partial charge in [0.25, 0.3) is 0 Å². The zero-order valence-corrected chi connectivity index (χ0v) is 15.6. The van der Waals surface area contributed by atoms with Crippen LogP contribution < -0.4 is 14.2 Å². The Morgan fingerprint density at radius 2 is 1.89 bits per heavy atom. The van der Waals surface area contributed by atoms with Crippen molar-refractivity contribution in [1.29, 1.82) is 5.26 Å². The molecule has 0 unspecified atom stereocenters. The van der Waals surface area contributed by atoms with Gasteiger partial charge < -0.3 is 14.2 Å². The van der Waals surface area contributed by atoms with Gasteiger partial charge in [-0.2, -0.15) is 9.98 Å². The lowest BCUT2D eigenvalue weighted by Crippen LogP contribution is -2.31. The molecule has 0 heterocycles. The summed E-state index contributed by atoms with van der Waals surface area (Å²) in [4.78, 5) is 11.7. The number of nitriles is 1. The predicted octanol–water partition coefficient (Wildman–Crippen LogP) is 1.60. The highest BCUT2D eigenvalue weighted by Crippen LogP contribution is 2.24. The van der Waals surface area contributed by atoms with Crippen molar-refractivity contribution >= 4 is 16.0 Å². The maximum absolute atomic E-state index is 12.3. The summed E-state index contributed by atoms with van der Waals surface area (Å²) < 4.78 is 42.1. The Hall–Kier alpha value is -3.09. The van der Waals surface area contributed by atoms with Gasteiger partial charge in [-0.1, -0.05) is 12.1 Å². The largest absolute Gasteiger partial charge is 0.497 e. The Kier molecular flexibility index (Phi) is 6.76. The minimum absolute atomic E-state index is 0.0144. The average Bonchev–Trinajstić information content (AvgIpc) is 2.70. The second-order valence-corrected chi connectivity index (χ2v) is 7.01. The zero-order valence-electron chi connectivity index (χ0n) is 14.8. The fourth-order valence-electron chi connectivity index (χ4n) is 2.23. The number of ether oxygens (including phenoxy) is 3. The highest BCUT2D eigenvalue weighted by Gasteiger charge is 2.19. The molecule has 0 fully saturated rings. The van der Waals surface area contributed by atoms with Crippen molar-refractivity contribution in [2.75, 3.05) is 20.8 Å². The van der Waals surface area contributed by atoms with Gasteiger partial charge in [0.05, 0.1) is 24.7 Å². The number of carbonyl (C=O) groups excluding carboxylic acids is 1. The Morgan fingerprint density at radius 1 is 1.15 bits per heavy atom. The lowest BCUT2D eigenvalue weighted by Gasteiger charge is -2.11. The molecule has 0 bridgehead atoms. The molecule has 0 amide bonds. The summed E-state index contributed by atoms with van der Waals surface area (Å²) in [5, 5.41) is 9.01. The topological polar surface area (TPSA) is 115 Å². The highest BCUT2D eigenvalue weighted by atomic mass is 32.2. The molecule has 142 valence electrons. The smallest absolute Gasteiger partial charge is 0.321 e. The molecule has 0 spiro atoms. The van der Waals surface area contributed by atoms with Crippen LogP contribution in [0.15, 0.2) is 47.4 Å².